The first-order valence-electron chi connectivity index (χ1n) is 9.91. The van der Waals surface area contributed by atoms with Gasteiger partial charge in [-0.3, -0.25) is 9.88 Å². The van der Waals surface area contributed by atoms with Crippen LogP contribution in [0.1, 0.15) is 42.9 Å². The molecular weight excluding hydrogens is 359 g/mol. The van der Waals surface area contributed by atoms with E-state index in [2.05, 4.69) is 32.3 Å². The Morgan fingerprint density at radius 3 is 2.46 bits per heavy atom. The van der Waals surface area contributed by atoms with Gasteiger partial charge in [0.25, 0.3) is 5.88 Å². The fourth-order valence-electron chi connectivity index (χ4n) is 4.02. The summed E-state index contributed by atoms with van der Waals surface area (Å²) in [6, 6.07) is 5.85. The van der Waals surface area contributed by atoms with Gasteiger partial charge in [0.15, 0.2) is 5.75 Å². The Bertz CT molecular complexity index is 832. The summed E-state index contributed by atoms with van der Waals surface area (Å²) in [5, 5.41) is 3.62. The zero-order valence-electron chi connectivity index (χ0n) is 16.7. The lowest BCUT2D eigenvalue weighted by Gasteiger charge is -2.36. The fourth-order valence-corrected chi connectivity index (χ4v) is 4.02. The molecule has 0 radical (unpaired) electrons. The summed E-state index contributed by atoms with van der Waals surface area (Å²) in [5.41, 5.74) is 3.59. The zero-order valence-corrected chi connectivity index (χ0v) is 16.7. The van der Waals surface area contributed by atoms with Crippen molar-refractivity contribution in [2.24, 2.45) is 0 Å². The van der Waals surface area contributed by atoms with Crippen molar-refractivity contribution in [1.29, 1.82) is 0 Å². The smallest absolute Gasteiger partial charge is 0.257 e. The standard InChI is InChI=1S/C21H27FN4O2/c1-13-10-17(11-14(2)23-13)24-16-4-6-26(7-5-16)15(3)20-18(22)12-19-21(25-20)28-9-8-27-19/h10-12,15-16H,4-9H2,1-3H3,(H,23,24). The molecule has 28 heavy (non-hydrogen) atoms. The molecule has 2 aliphatic rings. The average Bonchev–Trinajstić information content (AvgIpc) is 2.67. The predicted molar refractivity (Wildman–Crippen MR) is 106 cm³/mol. The molecule has 2 aromatic heterocycles. The van der Waals surface area contributed by atoms with E-state index in [1.807, 2.05) is 20.8 Å². The van der Waals surface area contributed by atoms with Crippen molar-refractivity contribution < 1.29 is 13.9 Å². The molecule has 1 unspecified atom stereocenters. The number of nitrogens with one attached hydrogen (secondary N) is 1. The van der Waals surface area contributed by atoms with Crippen molar-refractivity contribution in [3.05, 3.63) is 41.1 Å². The lowest BCUT2D eigenvalue weighted by atomic mass is 10.0. The van der Waals surface area contributed by atoms with Crippen LogP contribution in [0.15, 0.2) is 18.2 Å². The maximum Gasteiger partial charge on any atom is 0.257 e. The first kappa shape index (κ1) is 18.9. The predicted octanol–water partition coefficient (Wildman–Crippen LogP) is 3.64. The molecule has 0 amide bonds. The first-order chi connectivity index (χ1) is 13.5. The van der Waals surface area contributed by atoms with Gasteiger partial charge in [0.05, 0.1) is 11.7 Å². The molecule has 0 spiro atoms. The fraction of sp³-hybridized carbons (Fsp3) is 0.524. The Hall–Kier alpha value is -2.41. The van der Waals surface area contributed by atoms with Crippen molar-refractivity contribution >= 4 is 5.69 Å². The van der Waals surface area contributed by atoms with Crippen LogP contribution in [0.4, 0.5) is 10.1 Å². The number of nitrogens with zero attached hydrogens (tertiary/aromatic N) is 3. The number of piperidine rings is 1. The number of rotatable bonds is 4. The molecule has 0 aliphatic carbocycles. The molecule has 7 heteroatoms. The van der Waals surface area contributed by atoms with Crippen LogP contribution in [0.5, 0.6) is 11.6 Å². The SMILES string of the molecule is Cc1cc(NC2CCN(C(C)c3nc4c(cc3F)OCCO4)CC2)cc(C)n1. The van der Waals surface area contributed by atoms with Gasteiger partial charge in [-0.05, 0) is 45.7 Å². The van der Waals surface area contributed by atoms with Crippen molar-refractivity contribution in [2.45, 2.75) is 45.7 Å². The van der Waals surface area contributed by atoms with Gasteiger partial charge in [0.1, 0.15) is 19.0 Å². The highest BCUT2D eigenvalue weighted by molar-refractivity contribution is 5.46. The van der Waals surface area contributed by atoms with E-state index in [1.165, 1.54) is 6.07 Å². The largest absolute Gasteiger partial charge is 0.484 e. The second kappa shape index (κ2) is 7.91. The number of aryl methyl sites for hydroxylation is 2. The van der Waals surface area contributed by atoms with Gasteiger partial charge in [0, 0.05) is 42.3 Å². The molecule has 2 aromatic rings. The molecular formula is C21H27FN4O2. The number of fused-ring (bicyclic) bond motifs is 1. The highest BCUT2D eigenvalue weighted by Gasteiger charge is 2.28. The van der Waals surface area contributed by atoms with Crippen LogP contribution >= 0.6 is 0 Å². The van der Waals surface area contributed by atoms with Gasteiger partial charge in [-0.2, -0.15) is 0 Å². The first-order valence-corrected chi connectivity index (χ1v) is 9.91. The Balaban J connectivity index is 1.39. The third-order valence-electron chi connectivity index (χ3n) is 5.44. The van der Waals surface area contributed by atoms with Gasteiger partial charge in [-0.15, -0.1) is 0 Å². The highest BCUT2D eigenvalue weighted by atomic mass is 19.1. The van der Waals surface area contributed by atoms with Gasteiger partial charge in [-0.1, -0.05) is 0 Å². The van der Waals surface area contributed by atoms with Crippen LogP contribution < -0.4 is 14.8 Å². The van der Waals surface area contributed by atoms with E-state index in [0.29, 0.717) is 36.6 Å². The summed E-state index contributed by atoms with van der Waals surface area (Å²) in [4.78, 5) is 11.1. The van der Waals surface area contributed by atoms with Gasteiger partial charge >= 0.3 is 0 Å². The highest BCUT2D eigenvalue weighted by Crippen LogP contribution is 2.34. The number of likely N-dealkylation sites (tertiary alicyclic amines) is 1. The summed E-state index contributed by atoms with van der Waals surface area (Å²) >= 11 is 0. The quantitative estimate of drug-likeness (QED) is 0.866. The van der Waals surface area contributed by atoms with Crippen LogP contribution in [-0.4, -0.2) is 47.2 Å². The van der Waals surface area contributed by atoms with E-state index in [-0.39, 0.29) is 11.9 Å². The minimum Gasteiger partial charge on any atom is -0.484 e. The molecule has 0 bridgehead atoms. The second-order valence-electron chi connectivity index (χ2n) is 7.62. The maximum atomic E-state index is 14.6. The number of anilines is 1. The molecule has 1 N–H and O–H groups in total. The molecule has 1 fully saturated rings. The molecule has 4 rings (SSSR count). The second-order valence-corrected chi connectivity index (χ2v) is 7.62. The topological polar surface area (TPSA) is 59.5 Å². The molecule has 1 atom stereocenters. The van der Waals surface area contributed by atoms with Crippen LogP contribution in [-0.2, 0) is 0 Å². The van der Waals surface area contributed by atoms with E-state index >= 15 is 0 Å². The molecule has 2 aliphatic heterocycles. The van der Waals surface area contributed by atoms with Crippen molar-refractivity contribution in [3.8, 4) is 11.6 Å². The van der Waals surface area contributed by atoms with E-state index in [9.17, 15) is 4.39 Å². The minimum atomic E-state index is -0.334. The van der Waals surface area contributed by atoms with Crippen LogP contribution in [0, 0.1) is 19.7 Å². The summed E-state index contributed by atoms with van der Waals surface area (Å²) in [5.74, 6) is 0.458. The van der Waals surface area contributed by atoms with Crippen LogP contribution in [0.25, 0.3) is 0 Å². The van der Waals surface area contributed by atoms with Gasteiger partial charge in [0.2, 0.25) is 0 Å². The van der Waals surface area contributed by atoms with E-state index < -0.39 is 0 Å². The number of hydrogen-bond donors (Lipinski definition) is 1. The van der Waals surface area contributed by atoms with E-state index in [1.54, 1.807) is 0 Å². The van der Waals surface area contributed by atoms with Gasteiger partial charge < -0.3 is 14.8 Å². The van der Waals surface area contributed by atoms with Crippen LogP contribution in [0.2, 0.25) is 0 Å². The normalized spacial score (nSPS) is 18.7. The minimum absolute atomic E-state index is 0.109. The summed E-state index contributed by atoms with van der Waals surface area (Å²) in [6.07, 6.45) is 1.99. The Morgan fingerprint density at radius 2 is 1.75 bits per heavy atom. The number of halogens is 1. The van der Waals surface area contributed by atoms with Crippen molar-refractivity contribution in [1.82, 2.24) is 14.9 Å². The van der Waals surface area contributed by atoms with E-state index in [0.717, 1.165) is 43.0 Å². The maximum absolute atomic E-state index is 14.6. The molecule has 0 aromatic carbocycles. The number of pyridine rings is 2. The molecule has 4 heterocycles. The average molecular weight is 386 g/mol. The summed E-state index contributed by atoms with van der Waals surface area (Å²) in [7, 11) is 0. The van der Waals surface area contributed by atoms with Gasteiger partial charge in [-0.25, -0.2) is 9.37 Å². The molecule has 150 valence electrons. The Labute approximate surface area is 165 Å². The molecule has 1 saturated heterocycles. The lowest BCUT2D eigenvalue weighted by molar-refractivity contribution is 0.149. The number of aromatic nitrogens is 2. The Morgan fingerprint density at radius 1 is 1.07 bits per heavy atom. The van der Waals surface area contributed by atoms with E-state index in [4.69, 9.17) is 9.47 Å². The van der Waals surface area contributed by atoms with Crippen molar-refractivity contribution in [3.63, 3.8) is 0 Å². The molecule has 0 saturated carbocycles. The lowest BCUT2D eigenvalue weighted by Crippen LogP contribution is -2.40. The molecule has 6 nitrogen and oxygen atoms in total. The third kappa shape index (κ3) is 4.04. The van der Waals surface area contributed by atoms with Crippen LogP contribution in [0.3, 0.4) is 0 Å². The monoisotopic (exact) mass is 386 g/mol. The summed E-state index contributed by atoms with van der Waals surface area (Å²) in [6.45, 7) is 8.68. The summed E-state index contributed by atoms with van der Waals surface area (Å²) < 4.78 is 25.5. The number of ether oxygens (including phenoxy) is 2. The zero-order chi connectivity index (χ0) is 19.7. The Kier molecular flexibility index (Phi) is 5.35. The van der Waals surface area contributed by atoms with Crippen molar-refractivity contribution in [2.75, 3.05) is 31.6 Å². The number of hydrogen-bond acceptors (Lipinski definition) is 6. The third-order valence-corrected chi connectivity index (χ3v) is 5.44.